The van der Waals surface area contributed by atoms with Crippen LogP contribution < -0.4 is 5.84 Å². The molecule has 2 N–H and O–H groups in total. The Labute approximate surface area is 144 Å². The molecule has 0 aliphatic carbocycles. The minimum absolute atomic E-state index is 0.120. The lowest BCUT2D eigenvalue weighted by Crippen LogP contribution is -2.34. The summed E-state index contributed by atoms with van der Waals surface area (Å²) in [5.74, 6) is 6.70. The van der Waals surface area contributed by atoms with Crippen molar-refractivity contribution in [2.45, 2.75) is 30.2 Å². The smallest absolute Gasteiger partial charge is 0.235 e. The van der Waals surface area contributed by atoms with Gasteiger partial charge in [-0.3, -0.25) is 4.79 Å². The van der Waals surface area contributed by atoms with Gasteiger partial charge in [0, 0.05) is 18.7 Å². The molecule has 0 bridgehead atoms. The quantitative estimate of drug-likeness (QED) is 0.676. The number of aromatic nitrogens is 3. The first-order chi connectivity index (χ1) is 11.1. The summed E-state index contributed by atoms with van der Waals surface area (Å²) in [4.78, 5) is 14.3. The van der Waals surface area contributed by atoms with E-state index in [4.69, 9.17) is 17.4 Å². The highest BCUT2D eigenvalue weighted by Crippen LogP contribution is 2.29. The van der Waals surface area contributed by atoms with Crippen LogP contribution in [0.3, 0.4) is 0 Å². The maximum Gasteiger partial charge on any atom is 0.235 e. The van der Waals surface area contributed by atoms with Crippen molar-refractivity contribution in [3.8, 4) is 11.4 Å². The second-order valence-electron chi connectivity index (χ2n) is 5.45. The van der Waals surface area contributed by atoms with Crippen molar-refractivity contribution in [1.29, 1.82) is 0 Å². The monoisotopic (exact) mass is 351 g/mol. The average molecular weight is 352 g/mol. The van der Waals surface area contributed by atoms with Gasteiger partial charge in [0.25, 0.3) is 0 Å². The molecule has 0 saturated carbocycles. The second-order valence-corrected chi connectivity index (χ2v) is 7.16. The van der Waals surface area contributed by atoms with Crippen LogP contribution in [0.4, 0.5) is 0 Å². The highest BCUT2D eigenvalue weighted by molar-refractivity contribution is 8.00. The normalized spacial score (nSPS) is 15.8. The molecule has 23 heavy (non-hydrogen) atoms. The second kappa shape index (κ2) is 6.80. The molecule has 1 aliphatic heterocycles. The lowest BCUT2D eigenvalue weighted by Gasteiger charge is -2.19. The number of amides is 1. The maximum atomic E-state index is 12.4. The number of nitrogens with zero attached hydrogens (tertiary/aromatic N) is 4. The molecule has 6 nitrogen and oxygen atoms in total. The number of hydrogen-bond acceptors (Lipinski definition) is 5. The van der Waals surface area contributed by atoms with Gasteiger partial charge in [0.05, 0.1) is 10.3 Å². The summed E-state index contributed by atoms with van der Waals surface area (Å²) >= 11 is 7.49. The number of halogens is 1. The summed E-state index contributed by atoms with van der Waals surface area (Å²) in [6.07, 6.45) is 2.15. The van der Waals surface area contributed by atoms with Gasteiger partial charge in [0.15, 0.2) is 5.82 Å². The Bertz CT molecular complexity index is 714. The van der Waals surface area contributed by atoms with Crippen LogP contribution in [-0.4, -0.2) is 44.0 Å². The zero-order valence-electron chi connectivity index (χ0n) is 12.8. The van der Waals surface area contributed by atoms with E-state index in [2.05, 4.69) is 10.2 Å². The molecule has 0 radical (unpaired) electrons. The lowest BCUT2D eigenvalue weighted by molar-refractivity contribution is -0.129. The molecule has 1 aliphatic rings. The third-order valence-electron chi connectivity index (χ3n) is 3.83. The van der Waals surface area contributed by atoms with E-state index >= 15 is 0 Å². The summed E-state index contributed by atoms with van der Waals surface area (Å²) < 4.78 is 1.39. The summed E-state index contributed by atoms with van der Waals surface area (Å²) in [5.41, 5.74) is 0.717. The van der Waals surface area contributed by atoms with Gasteiger partial charge >= 0.3 is 0 Å². The van der Waals surface area contributed by atoms with Crippen molar-refractivity contribution in [3.05, 3.63) is 29.3 Å². The van der Waals surface area contributed by atoms with E-state index in [1.165, 1.54) is 16.4 Å². The third-order valence-corrected chi connectivity index (χ3v) is 5.20. The van der Waals surface area contributed by atoms with E-state index in [0.29, 0.717) is 16.0 Å². The third kappa shape index (κ3) is 3.30. The SMILES string of the molecule is CC(Sc1nnc(-c2ccccc2Cl)n1N)C(=O)N1CCCC1. The summed E-state index contributed by atoms with van der Waals surface area (Å²) in [6.45, 7) is 3.54. The van der Waals surface area contributed by atoms with E-state index in [0.717, 1.165) is 31.5 Å². The fourth-order valence-corrected chi connectivity index (χ4v) is 3.66. The van der Waals surface area contributed by atoms with Crippen LogP contribution in [0.25, 0.3) is 11.4 Å². The molecule has 1 aromatic heterocycles. The first kappa shape index (κ1) is 16.1. The van der Waals surface area contributed by atoms with Crippen molar-refractivity contribution in [2.75, 3.05) is 18.9 Å². The summed E-state index contributed by atoms with van der Waals surface area (Å²) in [6, 6.07) is 7.32. The van der Waals surface area contributed by atoms with Gasteiger partial charge in [-0.05, 0) is 31.9 Å². The number of carbonyl (C=O) groups excluding carboxylic acids is 1. The van der Waals surface area contributed by atoms with Crippen LogP contribution in [0.15, 0.2) is 29.4 Å². The predicted octanol–water partition coefficient (Wildman–Crippen LogP) is 2.42. The molecular weight excluding hydrogens is 334 g/mol. The highest BCUT2D eigenvalue weighted by atomic mass is 35.5. The van der Waals surface area contributed by atoms with Crippen molar-refractivity contribution in [3.63, 3.8) is 0 Å². The van der Waals surface area contributed by atoms with E-state index < -0.39 is 0 Å². The molecule has 1 fully saturated rings. The topological polar surface area (TPSA) is 77.0 Å². The van der Waals surface area contributed by atoms with E-state index in [9.17, 15) is 4.79 Å². The molecule has 1 aromatic carbocycles. The Kier molecular flexibility index (Phi) is 4.77. The molecule has 1 amide bonds. The molecule has 122 valence electrons. The van der Waals surface area contributed by atoms with Gasteiger partial charge in [-0.15, -0.1) is 10.2 Å². The largest absolute Gasteiger partial charge is 0.342 e. The Morgan fingerprint density at radius 3 is 2.70 bits per heavy atom. The van der Waals surface area contributed by atoms with Crippen LogP contribution in [0, 0.1) is 0 Å². The first-order valence-electron chi connectivity index (χ1n) is 7.48. The van der Waals surface area contributed by atoms with Crippen molar-refractivity contribution in [1.82, 2.24) is 19.8 Å². The molecule has 1 unspecified atom stereocenters. The number of hydrogen-bond donors (Lipinski definition) is 1. The van der Waals surface area contributed by atoms with Gasteiger partial charge in [-0.25, -0.2) is 4.68 Å². The Morgan fingerprint density at radius 1 is 1.30 bits per heavy atom. The average Bonchev–Trinajstić information content (AvgIpc) is 3.19. The molecule has 2 aromatic rings. The van der Waals surface area contributed by atoms with E-state index in [1.807, 2.05) is 30.0 Å². The zero-order chi connectivity index (χ0) is 16.4. The van der Waals surface area contributed by atoms with Crippen molar-refractivity contribution >= 4 is 29.3 Å². The minimum Gasteiger partial charge on any atom is -0.342 e. The molecule has 1 saturated heterocycles. The van der Waals surface area contributed by atoms with Gasteiger partial charge in [-0.1, -0.05) is 35.5 Å². The van der Waals surface area contributed by atoms with Crippen LogP contribution in [0.2, 0.25) is 5.02 Å². The molecule has 1 atom stereocenters. The molecular formula is C15H18ClN5OS. The number of benzene rings is 1. The molecule has 8 heteroatoms. The van der Waals surface area contributed by atoms with Gasteiger partial charge in [0.1, 0.15) is 0 Å². The van der Waals surface area contributed by atoms with E-state index in [1.54, 1.807) is 6.07 Å². The Morgan fingerprint density at radius 2 is 2.00 bits per heavy atom. The van der Waals surface area contributed by atoms with E-state index in [-0.39, 0.29) is 11.2 Å². The maximum absolute atomic E-state index is 12.4. The zero-order valence-corrected chi connectivity index (χ0v) is 14.3. The number of nitrogens with two attached hydrogens (primary N) is 1. The standard InChI is InChI=1S/C15H18ClN5OS/c1-10(14(22)20-8-4-5-9-20)23-15-19-18-13(21(15)17)11-6-2-3-7-12(11)16/h2-3,6-7,10H,4-5,8-9,17H2,1H3. The number of likely N-dealkylation sites (tertiary alicyclic amines) is 1. The fraction of sp³-hybridized carbons (Fsp3) is 0.400. The predicted molar refractivity (Wildman–Crippen MR) is 91.8 cm³/mol. The lowest BCUT2D eigenvalue weighted by atomic mass is 10.2. The van der Waals surface area contributed by atoms with Crippen LogP contribution >= 0.6 is 23.4 Å². The molecule has 2 heterocycles. The minimum atomic E-state index is -0.251. The van der Waals surface area contributed by atoms with Crippen molar-refractivity contribution < 1.29 is 4.79 Å². The van der Waals surface area contributed by atoms with Crippen LogP contribution in [-0.2, 0) is 4.79 Å². The van der Waals surface area contributed by atoms with Gasteiger partial charge in [0.2, 0.25) is 11.1 Å². The number of carbonyl (C=O) groups is 1. The van der Waals surface area contributed by atoms with Crippen LogP contribution in [0.5, 0.6) is 0 Å². The van der Waals surface area contributed by atoms with Crippen LogP contribution in [0.1, 0.15) is 19.8 Å². The summed E-state index contributed by atoms with van der Waals surface area (Å²) in [7, 11) is 0. The number of nitrogen functional groups attached to an aromatic ring is 1. The summed E-state index contributed by atoms with van der Waals surface area (Å²) in [5, 5.41) is 9.03. The number of thioether (sulfide) groups is 1. The highest BCUT2D eigenvalue weighted by Gasteiger charge is 2.26. The Balaban J connectivity index is 1.77. The first-order valence-corrected chi connectivity index (χ1v) is 8.74. The number of rotatable bonds is 4. The van der Waals surface area contributed by atoms with Gasteiger partial charge in [-0.2, -0.15) is 0 Å². The fourth-order valence-electron chi connectivity index (χ4n) is 2.59. The van der Waals surface area contributed by atoms with Gasteiger partial charge < -0.3 is 10.7 Å². The molecule has 3 rings (SSSR count). The molecule has 0 spiro atoms. The van der Waals surface area contributed by atoms with Crippen molar-refractivity contribution in [2.24, 2.45) is 0 Å². The Hall–Kier alpha value is -1.73.